The molecule has 4 aromatic rings. The first-order valence-electron chi connectivity index (χ1n) is 10.4. The lowest BCUT2D eigenvalue weighted by atomic mass is 10.2. The van der Waals surface area contributed by atoms with Crippen LogP contribution < -0.4 is 16.6 Å². The zero-order chi connectivity index (χ0) is 24.2. The molecular formula is C24H20FN3O5S. The van der Waals surface area contributed by atoms with Crippen LogP contribution in [0.1, 0.15) is 22.8 Å². The van der Waals surface area contributed by atoms with Crippen molar-refractivity contribution in [2.75, 3.05) is 11.9 Å². The second kappa shape index (κ2) is 9.84. The van der Waals surface area contributed by atoms with Crippen molar-refractivity contribution in [1.29, 1.82) is 0 Å². The summed E-state index contributed by atoms with van der Waals surface area (Å²) in [4.78, 5) is 50.5. The van der Waals surface area contributed by atoms with E-state index in [0.29, 0.717) is 21.5 Å². The number of nitrogens with one attached hydrogen (secondary N) is 1. The maximum absolute atomic E-state index is 14.2. The summed E-state index contributed by atoms with van der Waals surface area (Å²) in [5, 5.41) is 4.33. The molecule has 1 N–H and O–H groups in total. The summed E-state index contributed by atoms with van der Waals surface area (Å²) >= 11 is 1.14. The Morgan fingerprint density at radius 1 is 1.03 bits per heavy atom. The number of anilines is 1. The van der Waals surface area contributed by atoms with Crippen LogP contribution in [0.5, 0.6) is 0 Å². The third-order valence-corrected chi connectivity index (χ3v) is 6.00. The Morgan fingerprint density at radius 2 is 1.76 bits per heavy atom. The minimum atomic E-state index is -0.716. The minimum absolute atomic E-state index is 0.190. The average Bonchev–Trinajstić information content (AvgIpc) is 3.31. The van der Waals surface area contributed by atoms with E-state index in [1.165, 1.54) is 34.9 Å². The Bertz CT molecular complexity index is 1490. The number of halogens is 1. The molecule has 0 radical (unpaired) electrons. The topological polar surface area (TPSA) is 99.4 Å². The lowest BCUT2D eigenvalue weighted by Gasteiger charge is -2.13. The van der Waals surface area contributed by atoms with Crippen LogP contribution >= 0.6 is 11.3 Å². The van der Waals surface area contributed by atoms with Gasteiger partial charge in [-0.05, 0) is 48.7 Å². The summed E-state index contributed by atoms with van der Waals surface area (Å²) < 4.78 is 21.5. The Balaban J connectivity index is 1.62. The fourth-order valence-electron chi connectivity index (χ4n) is 3.47. The van der Waals surface area contributed by atoms with Crippen molar-refractivity contribution in [3.63, 3.8) is 0 Å². The van der Waals surface area contributed by atoms with Gasteiger partial charge in [0, 0.05) is 11.3 Å². The third kappa shape index (κ3) is 4.67. The molecule has 0 aliphatic carbocycles. The van der Waals surface area contributed by atoms with Crippen molar-refractivity contribution in [3.05, 3.63) is 97.8 Å². The normalized spacial score (nSPS) is 10.9. The van der Waals surface area contributed by atoms with E-state index in [4.69, 9.17) is 4.74 Å². The molecule has 2 aromatic heterocycles. The second-order valence-electron chi connectivity index (χ2n) is 7.33. The smallest absolute Gasteiger partial charge is 0.338 e. The Hall–Kier alpha value is -4.05. The van der Waals surface area contributed by atoms with E-state index in [9.17, 15) is 23.6 Å². The van der Waals surface area contributed by atoms with Crippen molar-refractivity contribution in [3.8, 4) is 0 Å². The third-order valence-electron chi connectivity index (χ3n) is 5.10. The van der Waals surface area contributed by atoms with Crippen molar-refractivity contribution in [1.82, 2.24) is 9.13 Å². The molecule has 0 saturated carbocycles. The highest BCUT2D eigenvalue weighted by molar-refractivity contribution is 7.17. The largest absolute Gasteiger partial charge is 0.462 e. The molecule has 10 heteroatoms. The molecule has 0 aliphatic rings. The number of ether oxygens (including phenoxy) is 1. The number of esters is 1. The number of aromatic nitrogens is 2. The molecule has 2 heterocycles. The van der Waals surface area contributed by atoms with Crippen LogP contribution in [-0.4, -0.2) is 27.6 Å². The Morgan fingerprint density at radius 3 is 2.47 bits per heavy atom. The van der Waals surface area contributed by atoms with Gasteiger partial charge in [-0.15, -0.1) is 11.3 Å². The van der Waals surface area contributed by atoms with Gasteiger partial charge in [0.05, 0.1) is 24.2 Å². The fraction of sp³-hybridized carbons (Fsp3) is 0.167. The van der Waals surface area contributed by atoms with Crippen LogP contribution in [0.3, 0.4) is 0 Å². The number of fused-ring (bicyclic) bond motifs is 1. The first-order chi connectivity index (χ1) is 16.4. The Kier molecular flexibility index (Phi) is 6.69. The molecule has 8 nitrogen and oxygen atoms in total. The van der Waals surface area contributed by atoms with Gasteiger partial charge in [-0.3, -0.25) is 18.7 Å². The van der Waals surface area contributed by atoms with Crippen LogP contribution in [0.4, 0.5) is 10.1 Å². The molecule has 1 amide bonds. The molecule has 0 saturated heterocycles. The summed E-state index contributed by atoms with van der Waals surface area (Å²) in [6.07, 6.45) is 0. The maximum atomic E-state index is 14.2. The number of hydrogen-bond donors (Lipinski definition) is 1. The van der Waals surface area contributed by atoms with Gasteiger partial charge in [0.15, 0.2) is 0 Å². The van der Waals surface area contributed by atoms with Crippen molar-refractivity contribution in [2.45, 2.75) is 20.0 Å². The van der Waals surface area contributed by atoms with E-state index in [-0.39, 0.29) is 25.3 Å². The molecule has 0 spiro atoms. The molecule has 4 rings (SSSR count). The molecule has 0 bridgehead atoms. The first kappa shape index (κ1) is 23.1. The number of carbonyl (C=O) groups is 2. The van der Waals surface area contributed by atoms with E-state index >= 15 is 0 Å². The van der Waals surface area contributed by atoms with Gasteiger partial charge in [0.2, 0.25) is 5.91 Å². The van der Waals surface area contributed by atoms with E-state index in [1.54, 1.807) is 36.6 Å². The van der Waals surface area contributed by atoms with Gasteiger partial charge in [-0.25, -0.2) is 14.0 Å². The maximum Gasteiger partial charge on any atom is 0.338 e. The molecular weight excluding hydrogens is 461 g/mol. The average molecular weight is 482 g/mol. The van der Waals surface area contributed by atoms with Crippen LogP contribution in [0, 0.1) is 5.82 Å². The van der Waals surface area contributed by atoms with Crippen molar-refractivity contribution < 1.29 is 18.7 Å². The van der Waals surface area contributed by atoms with Gasteiger partial charge in [0.1, 0.15) is 17.1 Å². The standard InChI is InChI=1S/C24H20FN3O5S/c1-2-33-23(31)15-7-9-17(10-8-15)26-20(29)14-27-19-11-12-34-21(19)22(30)28(24(27)32)13-16-5-3-4-6-18(16)25/h3-12H,2,13-14H2,1H3,(H,26,29). The lowest BCUT2D eigenvalue weighted by molar-refractivity contribution is -0.116. The molecule has 0 atom stereocenters. The number of hydrogen-bond acceptors (Lipinski definition) is 6. The predicted molar refractivity (Wildman–Crippen MR) is 127 cm³/mol. The number of benzene rings is 2. The molecule has 0 aliphatic heterocycles. The zero-order valence-electron chi connectivity index (χ0n) is 18.1. The predicted octanol–water partition coefficient (Wildman–Crippen LogP) is 3.23. The van der Waals surface area contributed by atoms with E-state index in [2.05, 4.69) is 5.32 Å². The van der Waals surface area contributed by atoms with E-state index in [1.807, 2.05) is 0 Å². The summed E-state index contributed by atoms with van der Waals surface area (Å²) in [6.45, 7) is 1.35. The first-order valence-corrected chi connectivity index (χ1v) is 11.3. The molecule has 174 valence electrons. The zero-order valence-corrected chi connectivity index (χ0v) is 18.9. The van der Waals surface area contributed by atoms with Crippen LogP contribution in [-0.2, 0) is 22.6 Å². The van der Waals surface area contributed by atoms with Gasteiger partial charge in [0.25, 0.3) is 5.56 Å². The molecule has 0 fully saturated rings. The Labute approximate surface area is 196 Å². The second-order valence-corrected chi connectivity index (χ2v) is 8.25. The van der Waals surface area contributed by atoms with E-state index in [0.717, 1.165) is 15.9 Å². The summed E-state index contributed by atoms with van der Waals surface area (Å²) in [5.74, 6) is -1.51. The van der Waals surface area contributed by atoms with Crippen LogP contribution in [0.25, 0.3) is 10.2 Å². The number of amides is 1. The van der Waals surface area contributed by atoms with Gasteiger partial charge < -0.3 is 10.1 Å². The van der Waals surface area contributed by atoms with Gasteiger partial charge in [-0.2, -0.15) is 0 Å². The minimum Gasteiger partial charge on any atom is -0.462 e. The van der Waals surface area contributed by atoms with E-state index < -0.39 is 28.9 Å². The highest BCUT2D eigenvalue weighted by atomic mass is 32.1. The van der Waals surface area contributed by atoms with Gasteiger partial charge >= 0.3 is 11.7 Å². The molecule has 2 aromatic carbocycles. The fourth-order valence-corrected chi connectivity index (χ4v) is 4.31. The number of nitrogens with zero attached hydrogens (tertiary/aromatic N) is 2. The SMILES string of the molecule is CCOC(=O)c1ccc(NC(=O)Cn2c(=O)n(Cc3ccccc3F)c(=O)c3sccc32)cc1. The van der Waals surface area contributed by atoms with Gasteiger partial charge in [-0.1, -0.05) is 18.2 Å². The molecule has 0 unspecified atom stereocenters. The number of thiophene rings is 1. The summed E-state index contributed by atoms with van der Waals surface area (Å²) in [7, 11) is 0. The number of rotatable bonds is 7. The summed E-state index contributed by atoms with van der Waals surface area (Å²) in [5.41, 5.74) is 0.0351. The number of carbonyl (C=O) groups excluding carboxylic acids is 2. The molecule has 34 heavy (non-hydrogen) atoms. The highest BCUT2D eigenvalue weighted by Gasteiger charge is 2.18. The van der Waals surface area contributed by atoms with Crippen LogP contribution in [0.2, 0.25) is 0 Å². The van der Waals surface area contributed by atoms with Crippen molar-refractivity contribution in [2.24, 2.45) is 0 Å². The highest BCUT2D eigenvalue weighted by Crippen LogP contribution is 2.17. The summed E-state index contributed by atoms with van der Waals surface area (Å²) in [6, 6.07) is 13.6. The lowest BCUT2D eigenvalue weighted by Crippen LogP contribution is -2.41. The van der Waals surface area contributed by atoms with Crippen LogP contribution in [0.15, 0.2) is 69.6 Å². The van der Waals surface area contributed by atoms with Crippen molar-refractivity contribution >= 4 is 39.1 Å². The monoisotopic (exact) mass is 481 g/mol. The quantitative estimate of drug-likeness (QED) is 0.409.